The zero-order chi connectivity index (χ0) is 21.9. The molecule has 3 heterocycles. The lowest BCUT2D eigenvalue weighted by atomic mass is 10.0. The second-order valence-corrected chi connectivity index (χ2v) is 8.07. The van der Waals surface area contributed by atoms with Crippen LogP contribution in [0.5, 0.6) is 0 Å². The highest BCUT2D eigenvalue weighted by molar-refractivity contribution is 5.95. The number of nitrogens with one attached hydrogen (secondary N) is 1. The predicted octanol–water partition coefficient (Wildman–Crippen LogP) is 4.03. The largest absolute Gasteiger partial charge is 0.319 e. The normalized spacial score (nSPS) is 21.6. The first-order valence-corrected chi connectivity index (χ1v) is 10.8. The van der Waals surface area contributed by atoms with E-state index in [0.717, 1.165) is 17.6 Å². The average molecular weight is 425 g/mol. The molecule has 2 aromatic carbocycles. The van der Waals surface area contributed by atoms with Crippen molar-refractivity contribution in [3.8, 4) is 0 Å². The number of nitrogens with zero attached hydrogens (tertiary/aromatic N) is 3. The lowest BCUT2D eigenvalue weighted by Gasteiger charge is -2.24. The first-order chi connectivity index (χ1) is 15.7. The Morgan fingerprint density at radius 3 is 2.28 bits per heavy atom. The Morgan fingerprint density at radius 1 is 0.938 bits per heavy atom. The summed E-state index contributed by atoms with van der Waals surface area (Å²) in [4.78, 5) is 33.2. The summed E-state index contributed by atoms with van der Waals surface area (Å²) in [6.45, 7) is 1.88. The molecular weight excluding hydrogens is 400 g/mol. The van der Waals surface area contributed by atoms with Gasteiger partial charge >= 0.3 is 6.03 Å². The molecule has 32 heavy (non-hydrogen) atoms. The molecule has 0 saturated carbocycles. The zero-order valence-corrected chi connectivity index (χ0v) is 17.6. The summed E-state index contributed by atoms with van der Waals surface area (Å²) in [6, 6.07) is 17.3. The maximum Gasteiger partial charge on any atom is 0.319 e. The first kappa shape index (κ1) is 20.0. The maximum absolute atomic E-state index is 12.6. The highest BCUT2D eigenvalue weighted by Gasteiger charge is 2.24. The number of carbonyl (C=O) groups excluding carboxylic acids is 2. The van der Waals surface area contributed by atoms with Crippen molar-refractivity contribution in [1.29, 1.82) is 0 Å². The SMILES string of the molecule is O=C(c1ccccc1)N1C=CC(=C2C=CC(NC(=O)N3Cc4ccccc4C3)N=C2)CC1. The van der Waals surface area contributed by atoms with E-state index in [2.05, 4.69) is 22.4 Å². The van der Waals surface area contributed by atoms with Gasteiger partial charge in [-0.25, -0.2) is 4.79 Å². The summed E-state index contributed by atoms with van der Waals surface area (Å²) in [5.74, 6) is 0.00518. The predicted molar refractivity (Wildman–Crippen MR) is 124 cm³/mol. The molecule has 5 rings (SSSR count). The molecule has 3 aliphatic heterocycles. The van der Waals surface area contributed by atoms with Crippen LogP contribution in [0.3, 0.4) is 0 Å². The number of aliphatic imine (C=N–C) groups is 1. The molecule has 2 aromatic rings. The van der Waals surface area contributed by atoms with E-state index in [1.54, 1.807) is 16.0 Å². The van der Waals surface area contributed by atoms with Gasteiger partial charge in [0.2, 0.25) is 0 Å². The van der Waals surface area contributed by atoms with E-state index in [1.807, 2.05) is 66.9 Å². The van der Waals surface area contributed by atoms with Gasteiger partial charge in [-0.3, -0.25) is 9.79 Å². The third-order valence-corrected chi connectivity index (χ3v) is 5.96. The molecule has 3 amide bonds. The van der Waals surface area contributed by atoms with Crippen LogP contribution in [0.15, 0.2) is 95.2 Å². The monoisotopic (exact) mass is 424 g/mol. The van der Waals surface area contributed by atoms with Crippen LogP contribution in [0.2, 0.25) is 0 Å². The number of rotatable bonds is 2. The van der Waals surface area contributed by atoms with Gasteiger partial charge in [-0.15, -0.1) is 0 Å². The van der Waals surface area contributed by atoms with Gasteiger partial charge in [-0.1, -0.05) is 48.5 Å². The van der Waals surface area contributed by atoms with E-state index in [1.165, 1.54) is 11.1 Å². The van der Waals surface area contributed by atoms with E-state index in [0.29, 0.717) is 25.2 Å². The van der Waals surface area contributed by atoms with Crippen LogP contribution < -0.4 is 5.32 Å². The van der Waals surface area contributed by atoms with E-state index in [-0.39, 0.29) is 18.1 Å². The average Bonchev–Trinajstić information content (AvgIpc) is 3.29. The van der Waals surface area contributed by atoms with Gasteiger partial charge in [-0.2, -0.15) is 0 Å². The molecule has 0 saturated heterocycles. The third-order valence-electron chi connectivity index (χ3n) is 5.96. The molecule has 0 aromatic heterocycles. The first-order valence-electron chi connectivity index (χ1n) is 10.8. The Labute approximate surface area is 187 Å². The molecule has 1 atom stereocenters. The van der Waals surface area contributed by atoms with Gasteiger partial charge in [0.05, 0.1) is 0 Å². The van der Waals surface area contributed by atoms with Crippen LogP contribution in [-0.2, 0) is 13.1 Å². The van der Waals surface area contributed by atoms with Gasteiger partial charge < -0.3 is 15.1 Å². The molecular formula is C26H24N4O2. The van der Waals surface area contributed by atoms with Crippen molar-refractivity contribution in [1.82, 2.24) is 15.1 Å². The second-order valence-electron chi connectivity index (χ2n) is 8.07. The van der Waals surface area contributed by atoms with Crippen molar-refractivity contribution >= 4 is 18.2 Å². The molecule has 0 spiro atoms. The fourth-order valence-corrected chi connectivity index (χ4v) is 4.15. The lowest BCUT2D eigenvalue weighted by Crippen LogP contribution is -2.41. The minimum Gasteiger partial charge on any atom is -0.316 e. The number of hydrogen-bond acceptors (Lipinski definition) is 3. The topological polar surface area (TPSA) is 65.0 Å². The fraction of sp³-hybridized carbons (Fsp3) is 0.192. The summed E-state index contributed by atoms with van der Waals surface area (Å²) in [7, 11) is 0. The smallest absolute Gasteiger partial charge is 0.316 e. The number of dihydropyridines is 1. The van der Waals surface area contributed by atoms with Crippen molar-refractivity contribution in [3.63, 3.8) is 0 Å². The van der Waals surface area contributed by atoms with Crippen LogP contribution in [0.4, 0.5) is 4.79 Å². The summed E-state index contributed by atoms with van der Waals surface area (Å²) >= 11 is 0. The maximum atomic E-state index is 12.6. The summed E-state index contributed by atoms with van der Waals surface area (Å²) < 4.78 is 0. The van der Waals surface area contributed by atoms with Crippen molar-refractivity contribution in [2.24, 2.45) is 4.99 Å². The standard InChI is InChI=1S/C26H24N4O2/c31-25(20-6-2-1-3-7-20)29-14-12-19(13-15-29)21-10-11-24(27-16-21)28-26(32)30-17-22-8-4-5-9-23(22)18-30/h1-12,14,16,24H,13,15,17-18H2,(H,28,32). The molecule has 6 nitrogen and oxygen atoms in total. The highest BCUT2D eigenvalue weighted by Crippen LogP contribution is 2.23. The molecule has 3 aliphatic rings. The molecule has 160 valence electrons. The van der Waals surface area contributed by atoms with Gasteiger partial charge in [-0.05, 0) is 53.0 Å². The van der Waals surface area contributed by atoms with Crippen molar-refractivity contribution in [2.45, 2.75) is 25.7 Å². The van der Waals surface area contributed by atoms with Crippen molar-refractivity contribution < 1.29 is 9.59 Å². The zero-order valence-electron chi connectivity index (χ0n) is 17.6. The number of fused-ring (bicyclic) bond motifs is 1. The Morgan fingerprint density at radius 2 is 1.66 bits per heavy atom. The van der Waals surface area contributed by atoms with Crippen LogP contribution in [0, 0.1) is 0 Å². The quantitative estimate of drug-likeness (QED) is 0.791. The summed E-state index contributed by atoms with van der Waals surface area (Å²) in [5.41, 5.74) is 5.21. The molecule has 6 heteroatoms. The number of benzene rings is 2. The Hall–Kier alpha value is -3.93. The Kier molecular flexibility index (Phi) is 5.42. The molecule has 0 fully saturated rings. The van der Waals surface area contributed by atoms with Crippen LogP contribution in [0.25, 0.3) is 0 Å². The summed E-state index contributed by atoms with van der Waals surface area (Å²) in [6.07, 6.45) is 9.88. The van der Waals surface area contributed by atoms with Crippen molar-refractivity contribution in [3.05, 3.63) is 107 Å². The lowest BCUT2D eigenvalue weighted by molar-refractivity contribution is 0.0820. The van der Waals surface area contributed by atoms with Gasteiger partial charge in [0, 0.05) is 37.6 Å². The van der Waals surface area contributed by atoms with Gasteiger partial charge in [0.25, 0.3) is 5.91 Å². The number of hydrogen-bond donors (Lipinski definition) is 1. The van der Waals surface area contributed by atoms with Crippen LogP contribution in [-0.4, -0.2) is 40.7 Å². The highest BCUT2D eigenvalue weighted by atomic mass is 16.2. The molecule has 0 aliphatic carbocycles. The Bertz CT molecular complexity index is 1120. The molecule has 0 radical (unpaired) electrons. The second kappa shape index (κ2) is 8.67. The molecule has 1 N–H and O–H groups in total. The van der Waals surface area contributed by atoms with Gasteiger partial charge in [0.1, 0.15) is 6.17 Å². The van der Waals surface area contributed by atoms with E-state index >= 15 is 0 Å². The molecule has 1 unspecified atom stereocenters. The van der Waals surface area contributed by atoms with Crippen molar-refractivity contribution in [2.75, 3.05) is 6.54 Å². The third kappa shape index (κ3) is 4.12. The minimum absolute atomic E-state index is 0.00518. The minimum atomic E-state index is -0.376. The van der Waals surface area contributed by atoms with Crippen LogP contribution in [0.1, 0.15) is 27.9 Å². The van der Waals surface area contributed by atoms with E-state index in [4.69, 9.17) is 0 Å². The fourth-order valence-electron chi connectivity index (χ4n) is 4.15. The number of amides is 3. The Balaban J connectivity index is 1.18. The van der Waals surface area contributed by atoms with E-state index in [9.17, 15) is 9.59 Å². The van der Waals surface area contributed by atoms with Crippen LogP contribution >= 0.6 is 0 Å². The summed E-state index contributed by atoms with van der Waals surface area (Å²) in [5, 5.41) is 2.97. The molecule has 0 bridgehead atoms. The number of allylic oxidation sites excluding steroid dienone is 3. The van der Waals surface area contributed by atoms with E-state index < -0.39 is 0 Å². The van der Waals surface area contributed by atoms with Gasteiger partial charge in [0.15, 0.2) is 0 Å². The number of carbonyl (C=O) groups is 2. The number of urea groups is 1.